The Labute approximate surface area is 133 Å². The summed E-state index contributed by atoms with van der Waals surface area (Å²) >= 11 is 0. The Morgan fingerprint density at radius 3 is 2.65 bits per heavy atom. The highest BCUT2D eigenvalue weighted by atomic mass is 32.2. The molecule has 0 unspecified atom stereocenters. The summed E-state index contributed by atoms with van der Waals surface area (Å²) < 4.78 is 25.0. The van der Waals surface area contributed by atoms with Gasteiger partial charge in [0.2, 0.25) is 15.0 Å². The molecule has 8 heteroatoms. The van der Waals surface area contributed by atoms with Gasteiger partial charge in [-0.2, -0.15) is 5.10 Å². The molecule has 0 radical (unpaired) electrons. The van der Waals surface area contributed by atoms with Gasteiger partial charge in [0.25, 0.3) is 0 Å². The van der Waals surface area contributed by atoms with Gasteiger partial charge in [-0.05, 0) is 30.9 Å². The van der Waals surface area contributed by atoms with Gasteiger partial charge < -0.3 is 0 Å². The molecular formula is C15H15N5O2S. The maximum Gasteiger partial charge on any atom is 0.247 e. The lowest BCUT2D eigenvalue weighted by atomic mass is 9.81. The average Bonchev–Trinajstić information content (AvgIpc) is 2.88. The number of hydrogen-bond acceptors (Lipinski definition) is 6. The van der Waals surface area contributed by atoms with Crippen LogP contribution in [0.1, 0.15) is 30.7 Å². The van der Waals surface area contributed by atoms with Gasteiger partial charge in [0, 0.05) is 24.2 Å². The van der Waals surface area contributed by atoms with Crippen molar-refractivity contribution in [1.29, 1.82) is 0 Å². The lowest BCUT2D eigenvalue weighted by Gasteiger charge is -2.24. The maximum absolute atomic E-state index is 11.6. The number of rotatable bonds is 3. The van der Waals surface area contributed by atoms with Crippen LogP contribution in [-0.4, -0.2) is 39.2 Å². The van der Waals surface area contributed by atoms with Gasteiger partial charge in [-0.1, -0.05) is 6.42 Å². The van der Waals surface area contributed by atoms with Gasteiger partial charge in [0.15, 0.2) is 5.65 Å². The molecule has 23 heavy (non-hydrogen) atoms. The van der Waals surface area contributed by atoms with E-state index in [9.17, 15) is 8.42 Å². The largest absolute Gasteiger partial charge is 0.247 e. The van der Waals surface area contributed by atoms with E-state index in [4.69, 9.17) is 0 Å². The predicted octanol–water partition coefficient (Wildman–Crippen LogP) is 1.86. The fourth-order valence-electron chi connectivity index (χ4n) is 2.70. The molecule has 0 aliphatic heterocycles. The lowest BCUT2D eigenvalue weighted by molar-refractivity contribution is 0.421. The second kappa shape index (κ2) is 5.09. The van der Waals surface area contributed by atoms with Gasteiger partial charge in [-0.15, -0.1) is 0 Å². The first-order valence-corrected chi connectivity index (χ1v) is 9.29. The van der Waals surface area contributed by atoms with E-state index in [1.807, 2.05) is 12.4 Å². The van der Waals surface area contributed by atoms with E-state index in [2.05, 4.69) is 20.1 Å². The van der Waals surface area contributed by atoms with E-state index < -0.39 is 9.84 Å². The van der Waals surface area contributed by atoms with Crippen molar-refractivity contribution in [2.24, 2.45) is 0 Å². The maximum atomic E-state index is 11.6. The van der Waals surface area contributed by atoms with Crippen molar-refractivity contribution in [3.8, 4) is 11.4 Å². The average molecular weight is 329 g/mol. The Balaban J connectivity index is 1.83. The molecule has 3 aromatic heterocycles. The van der Waals surface area contributed by atoms with Gasteiger partial charge in [-0.3, -0.25) is 0 Å². The molecule has 0 spiro atoms. The Morgan fingerprint density at radius 2 is 1.96 bits per heavy atom. The second-order valence-electron chi connectivity index (χ2n) is 5.81. The van der Waals surface area contributed by atoms with Crippen molar-refractivity contribution in [2.75, 3.05) is 6.26 Å². The van der Waals surface area contributed by atoms with Gasteiger partial charge in [0.1, 0.15) is 0 Å². The van der Waals surface area contributed by atoms with Crippen molar-refractivity contribution in [2.45, 2.75) is 30.3 Å². The van der Waals surface area contributed by atoms with Crippen molar-refractivity contribution >= 4 is 15.5 Å². The van der Waals surface area contributed by atoms with E-state index in [0.29, 0.717) is 17.3 Å². The highest BCUT2D eigenvalue weighted by Gasteiger charge is 2.24. The van der Waals surface area contributed by atoms with Crippen LogP contribution in [-0.2, 0) is 9.84 Å². The topological polar surface area (TPSA) is 90.1 Å². The van der Waals surface area contributed by atoms with Crippen LogP contribution in [0.15, 0.2) is 35.9 Å². The van der Waals surface area contributed by atoms with Crippen LogP contribution in [0.3, 0.4) is 0 Å². The molecule has 0 aromatic carbocycles. The zero-order chi connectivity index (χ0) is 16.0. The van der Waals surface area contributed by atoms with Crippen LogP contribution in [0, 0.1) is 0 Å². The van der Waals surface area contributed by atoms with E-state index in [-0.39, 0.29) is 5.16 Å². The Hall–Kier alpha value is -2.35. The third-order valence-corrected chi connectivity index (χ3v) is 5.03. The summed E-state index contributed by atoms with van der Waals surface area (Å²) in [6, 6.07) is 3.44. The zero-order valence-electron chi connectivity index (χ0n) is 12.5. The fourth-order valence-corrected chi connectivity index (χ4v) is 3.22. The SMILES string of the molecule is CS(=O)(=O)c1nccc(-c2ccn3ncc(C4CCC4)c3n2)n1. The molecule has 0 amide bonds. The van der Waals surface area contributed by atoms with Gasteiger partial charge in [-0.25, -0.2) is 27.9 Å². The van der Waals surface area contributed by atoms with E-state index in [1.165, 1.54) is 25.5 Å². The molecule has 1 saturated carbocycles. The molecule has 0 saturated heterocycles. The van der Waals surface area contributed by atoms with Crippen LogP contribution < -0.4 is 0 Å². The first-order valence-electron chi connectivity index (χ1n) is 7.40. The normalized spacial score (nSPS) is 15.7. The van der Waals surface area contributed by atoms with E-state index >= 15 is 0 Å². The summed E-state index contributed by atoms with van der Waals surface area (Å²) in [6.07, 6.45) is 9.80. The molecule has 0 bridgehead atoms. The Kier molecular flexibility index (Phi) is 3.15. The highest BCUT2D eigenvalue weighted by Crippen LogP contribution is 2.38. The predicted molar refractivity (Wildman–Crippen MR) is 83.7 cm³/mol. The smallest absolute Gasteiger partial charge is 0.227 e. The third-order valence-electron chi connectivity index (χ3n) is 4.17. The van der Waals surface area contributed by atoms with Crippen LogP contribution in [0.25, 0.3) is 17.0 Å². The zero-order valence-corrected chi connectivity index (χ0v) is 13.4. The molecule has 1 fully saturated rings. The molecule has 7 nitrogen and oxygen atoms in total. The lowest BCUT2D eigenvalue weighted by Crippen LogP contribution is -2.09. The number of sulfone groups is 1. The third kappa shape index (κ3) is 2.48. The summed E-state index contributed by atoms with van der Waals surface area (Å²) in [7, 11) is -3.45. The molecule has 3 heterocycles. The van der Waals surface area contributed by atoms with Crippen LogP contribution in [0.4, 0.5) is 0 Å². The first-order chi connectivity index (χ1) is 11.0. The second-order valence-corrected chi connectivity index (χ2v) is 7.71. The highest BCUT2D eigenvalue weighted by molar-refractivity contribution is 7.90. The molecule has 1 aliphatic rings. The summed E-state index contributed by atoms with van der Waals surface area (Å²) in [6.45, 7) is 0. The van der Waals surface area contributed by atoms with Gasteiger partial charge >= 0.3 is 0 Å². The molecule has 0 N–H and O–H groups in total. The summed E-state index contributed by atoms with van der Waals surface area (Å²) in [5.41, 5.74) is 3.07. The van der Waals surface area contributed by atoms with E-state index in [1.54, 1.807) is 16.6 Å². The van der Waals surface area contributed by atoms with Crippen molar-refractivity contribution < 1.29 is 8.42 Å². The van der Waals surface area contributed by atoms with E-state index in [0.717, 1.165) is 17.5 Å². The molecule has 1 aliphatic carbocycles. The van der Waals surface area contributed by atoms with Crippen LogP contribution >= 0.6 is 0 Å². The fraction of sp³-hybridized carbons (Fsp3) is 0.333. The van der Waals surface area contributed by atoms with Crippen molar-refractivity contribution in [3.05, 3.63) is 36.3 Å². The van der Waals surface area contributed by atoms with Crippen molar-refractivity contribution in [1.82, 2.24) is 24.6 Å². The molecular weight excluding hydrogens is 314 g/mol. The van der Waals surface area contributed by atoms with Gasteiger partial charge in [0.05, 0.1) is 17.6 Å². The minimum atomic E-state index is -3.45. The number of hydrogen-bond donors (Lipinski definition) is 0. The number of nitrogens with zero attached hydrogens (tertiary/aromatic N) is 5. The standard InChI is InChI=1S/C15H15N5O2S/c1-23(21,22)15-16-7-5-12(19-15)13-6-8-20-14(18-13)11(9-17-20)10-3-2-4-10/h5-10H,2-4H2,1H3. The van der Waals surface area contributed by atoms with Crippen molar-refractivity contribution in [3.63, 3.8) is 0 Å². The summed E-state index contributed by atoms with van der Waals surface area (Å²) in [4.78, 5) is 12.6. The molecule has 0 atom stereocenters. The molecule has 118 valence electrons. The summed E-state index contributed by atoms with van der Waals surface area (Å²) in [5.74, 6) is 0.521. The van der Waals surface area contributed by atoms with Crippen LogP contribution in [0.5, 0.6) is 0 Å². The Bertz CT molecular complexity index is 992. The minimum Gasteiger partial charge on any atom is -0.227 e. The minimum absolute atomic E-state index is 0.190. The molecule has 4 rings (SSSR count). The number of fused-ring (bicyclic) bond motifs is 1. The van der Waals surface area contributed by atoms with Crippen LogP contribution in [0.2, 0.25) is 0 Å². The summed E-state index contributed by atoms with van der Waals surface area (Å²) in [5, 5.41) is 4.15. The quantitative estimate of drug-likeness (QED) is 0.681. The Morgan fingerprint density at radius 1 is 1.17 bits per heavy atom. The molecule has 3 aromatic rings. The first kappa shape index (κ1) is 14.3. The monoisotopic (exact) mass is 329 g/mol. The number of aromatic nitrogens is 5.